The molecule has 3 fully saturated rings. The first-order valence-corrected chi connectivity index (χ1v) is 7.52. The van der Waals surface area contributed by atoms with Crippen LogP contribution in [0.1, 0.15) is 58.3 Å². The molecule has 2 heterocycles. The van der Waals surface area contributed by atoms with Crippen molar-refractivity contribution in [3.8, 4) is 0 Å². The Morgan fingerprint density at radius 3 is 2.84 bits per heavy atom. The molecule has 3 rings (SSSR count). The predicted molar refractivity (Wildman–Crippen MR) is 68.8 cm³/mol. The average Bonchev–Trinajstić information content (AvgIpc) is 2.69. The number of hydrogen-bond acceptors (Lipinski definition) is 3. The van der Waals surface area contributed by atoms with Crippen LogP contribution in [0.4, 0.5) is 0 Å². The highest BCUT2D eigenvalue weighted by molar-refractivity contribution is 6.06. The molecule has 0 unspecified atom stereocenters. The molecule has 106 valence electrons. The second kappa shape index (κ2) is 4.30. The summed E-state index contributed by atoms with van der Waals surface area (Å²) in [6.07, 6.45) is 6.12. The average molecular weight is 266 g/mol. The molecule has 1 aliphatic carbocycles. The fourth-order valence-corrected chi connectivity index (χ4v) is 4.65. The third-order valence-electron chi connectivity index (χ3n) is 5.52. The number of Topliss-reactive ketones (excluding diaryl/α,β-unsaturated/α-hetero) is 1. The van der Waals surface area contributed by atoms with Gasteiger partial charge >= 0.3 is 5.97 Å². The second-order valence-corrected chi connectivity index (χ2v) is 6.40. The Kier molecular flexibility index (Phi) is 2.97. The molecule has 0 radical (unpaired) electrons. The summed E-state index contributed by atoms with van der Waals surface area (Å²) >= 11 is 0. The maximum atomic E-state index is 12.9. The first kappa shape index (κ1) is 13.1. The Balaban J connectivity index is 2.07. The van der Waals surface area contributed by atoms with Crippen LogP contribution in [0.3, 0.4) is 0 Å². The van der Waals surface area contributed by atoms with Crippen LogP contribution >= 0.6 is 0 Å². The summed E-state index contributed by atoms with van der Waals surface area (Å²) in [5, 5.41) is 9.67. The van der Waals surface area contributed by atoms with Crippen molar-refractivity contribution in [1.82, 2.24) is 0 Å². The van der Waals surface area contributed by atoms with Crippen LogP contribution in [0, 0.1) is 11.3 Å². The maximum Gasteiger partial charge on any atom is 0.319 e. The molecule has 0 spiro atoms. The molecule has 4 bridgehead atoms. The molecular formula is C15H22O4. The Hall–Kier alpha value is -0.900. The Labute approximate surface area is 113 Å². The highest BCUT2D eigenvalue weighted by Gasteiger charge is 2.67. The number of carbonyl (C=O) groups is 2. The van der Waals surface area contributed by atoms with E-state index >= 15 is 0 Å². The van der Waals surface area contributed by atoms with Crippen molar-refractivity contribution in [3.05, 3.63) is 0 Å². The molecule has 0 amide bonds. The van der Waals surface area contributed by atoms with E-state index in [1.165, 1.54) is 0 Å². The number of hydrogen-bond donors (Lipinski definition) is 1. The Morgan fingerprint density at radius 2 is 2.16 bits per heavy atom. The SMILES string of the molecule is CCC[C@@]12CC[C@@H](O1)[C@@]1(C(=O)O)CCCC[C@@H]2C1=O. The first-order valence-electron chi connectivity index (χ1n) is 7.52. The number of ether oxygens (including phenoxy) is 1. The van der Waals surface area contributed by atoms with E-state index in [4.69, 9.17) is 4.74 Å². The van der Waals surface area contributed by atoms with Gasteiger partial charge in [-0.15, -0.1) is 0 Å². The molecule has 1 N–H and O–H groups in total. The van der Waals surface area contributed by atoms with Gasteiger partial charge in [-0.2, -0.15) is 0 Å². The van der Waals surface area contributed by atoms with Gasteiger partial charge in [0.15, 0.2) is 11.2 Å². The number of carbonyl (C=O) groups excluding carboxylic acids is 1. The van der Waals surface area contributed by atoms with Gasteiger partial charge in [-0.25, -0.2) is 0 Å². The Bertz CT molecular complexity index is 418. The van der Waals surface area contributed by atoms with Crippen molar-refractivity contribution in [1.29, 1.82) is 0 Å². The maximum absolute atomic E-state index is 12.9. The van der Waals surface area contributed by atoms with Crippen LogP contribution in [0.25, 0.3) is 0 Å². The van der Waals surface area contributed by atoms with Gasteiger partial charge in [-0.3, -0.25) is 9.59 Å². The van der Waals surface area contributed by atoms with Gasteiger partial charge in [0.1, 0.15) is 0 Å². The van der Waals surface area contributed by atoms with Gasteiger partial charge < -0.3 is 9.84 Å². The van der Waals surface area contributed by atoms with Gasteiger partial charge in [-0.1, -0.05) is 26.2 Å². The molecule has 4 heteroatoms. The van der Waals surface area contributed by atoms with E-state index < -0.39 is 17.5 Å². The highest BCUT2D eigenvalue weighted by atomic mass is 16.5. The monoisotopic (exact) mass is 266 g/mol. The van der Waals surface area contributed by atoms with Crippen LogP contribution in [0.5, 0.6) is 0 Å². The van der Waals surface area contributed by atoms with Gasteiger partial charge in [0.05, 0.1) is 11.7 Å². The van der Waals surface area contributed by atoms with E-state index in [2.05, 4.69) is 6.92 Å². The van der Waals surface area contributed by atoms with E-state index in [0.717, 1.165) is 44.9 Å². The summed E-state index contributed by atoms with van der Waals surface area (Å²) in [7, 11) is 0. The normalized spacial score (nSPS) is 45.0. The van der Waals surface area contributed by atoms with E-state index in [-0.39, 0.29) is 17.3 Å². The summed E-state index contributed by atoms with van der Waals surface area (Å²) < 4.78 is 6.21. The predicted octanol–water partition coefficient (Wildman–Crippen LogP) is 2.55. The molecule has 4 nitrogen and oxygen atoms in total. The van der Waals surface area contributed by atoms with Crippen LogP contribution in [-0.2, 0) is 14.3 Å². The number of aliphatic carboxylic acids is 1. The molecule has 2 saturated heterocycles. The number of ketones is 1. The molecule has 0 aromatic heterocycles. The van der Waals surface area contributed by atoms with Gasteiger partial charge in [0.25, 0.3) is 0 Å². The lowest BCUT2D eigenvalue weighted by Gasteiger charge is -2.46. The number of rotatable bonds is 3. The third kappa shape index (κ3) is 1.55. The zero-order valence-electron chi connectivity index (χ0n) is 11.5. The minimum absolute atomic E-state index is 0.0281. The molecule has 1 saturated carbocycles. The topological polar surface area (TPSA) is 63.6 Å². The van der Waals surface area contributed by atoms with Crippen LogP contribution in [-0.4, -0.2) is 28.6 Å². The highest BCUT2D eigenvalue weighted by Crippen LogP contribution is 2.57. The van der Waals surface area contributed by atoms with Crippen molar-refractivity contribution >= 4 is 11.8 Å². The largest absolute Gasteiger partial charge is 0.480 e. The van der Waals surface area contributed by atoms with E-state index in [0.29, 0.717) is 6.42 Å². The minimum atomic E-state index is -1.24. The van der Waals surface area contributed by atoms with E-state index in [1.807, 2.05) is 0 Å². The van der Waals surface area contributed by atoms with Crippen LogP contribution in [0.2, 0.25) is 0 Å². The first-order chi connectivity index (χ1) is 9.07. The molecular weight excluding hydrogens is 244 g/mol. The quantitative estimate of drug-likeness (QED) is 0.797. The van der Waals surface area contributed by atoms with Crippen molar-refractivity contribution in [2.45, 2.75) is 70.0 Å². The zero-order valence-corrected chi connectivity index (χ0v) is 11.5. The van der Waals surface area contributed by atoms with E-state index in [1.54, 1.807) is 0 Å². The lowest BCUT2D eigenvalue weighted by Crippen LogP contribution is -2.59. The smallest absolute Gasteiger partial charge is 0.319 e. The summed E-state index contributed by atoms with van der Waals surface area (Å²) in [6.45, 7) is 2.10. The second-order valence-electron chi connectivity index (χ2n) is 6.40. The summed E-state index contributed by atoms with van der Waals surface area (Å²) in [4.78, 5) is 24.7. The summed E-state index contributed by atoms with van der Waals surface area (Å²) in [6, 6.07) is 0. The number of carboxylic acids is 1. The fourth-order valence-electron chi connectivity index (χ4n) is 4.65. The van der Waals surface area contributed by atoms with Gasteiger partial charge in [0, 0.05) is 5.92 Å². The van der Waals surface area contributed by atoms with Gasteiger partial charge in [-0.05, 0) is 32.1 Å². The van der Waals surface area contributed by atoms with Crippen molar-refractivity contribution in [3.63, 3.8) is 0 Å². The van der Waals surface area contributed by atoms with Crippen LogP contribution < -0.4 is 0 Å². The third-order valence-corrected chi connectivity index (χ3v) is 5.52. The lowest BCUT2D eigenvalue weighted by molar-refractivity contribution is -0.197. The fraction of sp³-hybridized carbons (Fsp3) is 0.867. The lowest BCUT2D eigenvalue weighted by atomic mass is 9.67. The molecule has 3 aliphatic rings. The van der Waals surface area contributed by atoms with Crippen molar-refractivity contribution < 1.29 is 19.4 Å². The molecule has 19 heavy (non-hydrogen) atoms. The minimum Gasteiger partial charge on any atom is -0.480 e. The standard InChI is InChI=1S/C15H22O4/c1-2-7-14-9-6-11(19-14)15(13(17)18)8-4-3-5-10(14)12(15)16/h10-11H,2-9H2,1H3,(H,17,18)/t10-,11-,14+,15+/m1/s1. The summed E-state index contributed by atoms with van der Waals surface area (Å²) in [5.41, 5.74) is -1.59. The Morgan fingerprint density at radius 1 is 1.37 bits per heavy atom. The molecule has 0 aromatic carbocycles. The van der Waals surface area contributed by atoms with Crippen LogP contribution in [0.15, 0.2) is 0 Å². The molecule has 2 aliphatic heterocycles. The van der Waals surface area contributed by atoms with Crippen molar-refractivity contribution in [2.75, 3.05) is 0 Å². The molecule has 4 atom stereocenters. The van der Waals surface area contributed by atoms with Gasteiger partial charge in [0.2, 0.25) is 0 Å². The number of fused-ring (bicyclic) bond motifs is 6. The summed E-state index contributed by atoms with van der Waals surface area (Å²) in [5.74, 6) is -1.18. The number of carboxylic acid groups (broad SMARTS) is 1. The van der Waals surface area contributed by atoms with E-state index in [9.17, 15) is 14.7 Å². The molecule has 0 aromatic rings. The van der Waals surface area contributed by atoms with Crippen molar-refractivity contribution in [2.24, 2.45) is 11.3 Å². The zero-order chi connectivity index (χ0) is 13.7.